The highest BCUT2D eigenvalue weighted by atomic mass is 16.5. The summed E-state index contributed by atoms with van der Waals surface area (Å²) in [6, 6.07) is -0.583. The maximum absolute atomic E-state index is 12.1. The van der Waals surface area contributed by atoms with Gasteiger partial charge in [0.05, 0.1) is 12.6 Å². The van der Waals surface area contributed by atoms with Crippen molar-refractivity contribution in [1.82, 2.24) is 10.6 Å². The van der Waals surface area contributed by atoms with Crippen LogP contribution in [0.15, 0.2) is 0 Å². The summed E-state index contributed by atoms with van der Waals surface area (Å²) in [6.07, 6.45) is 0.570. The lowest BCUT2D eigenvalue weighted by molar-refractivity contribution is -0.146. The van der Waals surface area contributed by atoms with Crippen LogP contribution in [0.1, 0.15) is 41.0 Å². The Labute approximate surface area is 110 Å². The Morgan fingerprint density at radius 1 is 1.28 bits per heavy atom. The number of hydrogen-bond donors (Lipinski definition) is 2. The fourth-order valence-electron chi connectivity index (χ4n) is 1.69. The summed E-state index contributed by atoms with van der Waals surface area (Å²) in [5.41, 5.74) is -0.696. The van der Waals surface area contributed by atoms with Crippen LogP contribution in [0.2, 0.25) is 0 Å². The monoisotopic (exact) mass is 258 g/mol. The van der Waals surface area contributed by atoms with E-state index in [9.17, 15) is 9.59 Å². The van der Waals surface area contributed by atoms with Crippen LogP contribution in [0.4, 0.5) is 0 Å². The summed E-state index contributed by atoms with van der Waals surface area (Å²) in [4.78, 5) is 23.7. The Hall–Kier alpha value is -1.10. The molecular formula is C13H26N2O3. The Morgan fingerprint density at radius 2 is 1.83 bits per heavy atom. The highest BCUT2D eigenvalue weighted by molar-refractivity contribution is 5.89. The molecule has 0 bridgehead atoms. The lowest BCUT2D eigenvalue weighted by Gasteiger charge is -2.27. The number of hydrogen-bond acceptors (Lipinski definition) is 4. The number of carbonyl (C=O) groups excluding carboxylic acids is 2. The van der Waals surface area contributed by atoms with Crippen molar-refractivity contribution in [2.24, 2.45) is 5.92 Å². The molecule has 0 fully saturated rings. The van der Waals surface area contributed by atoms with Gasteiger partial charge in [0, 0.05) is 0 Å². The normalized spacial score (nSPS) is 13.3. The molecular weight excluding hydrogens is 232 g/mol. The van der Waals surface area contributed by atoms with E-state index >= 15 is 0 Å². The quantitative estimate of drug-likeness (QED) is 0.671. The fourth-order valence-corrected chi connectivity index (χ4v) is 1.69. The zero-order chi connectivity index (χ0) is 14.3. The highest BCUT2D eigenvalue weighted by Crippen LogP contribution is 2.09. The van der Waals surface area contributed by atoms with Gasteiger partial charge in [0.15, 0.2) is 0 Å². The number of likely N-dealkylation sites (N-methyl/N-ethyl adjacent to an activating group) is 1. The molecule has 0 saturated heterocycles. The van der Waals surface area contributed by atoms with Crippen molar-refractivity contribution in [1.29, 1.82) is 0 Å². The zero-order valence-electron chi connectivity index (χ0n) is 12.3. The molecule has 0 rings (SSSR count). The summed E-state index contributed by atoms with van der Waals surface area (Å²) in [5.74, 6) is -0.290. The van der Waals surface area contributed by atoms with E-state index in [1.54, 1.807) is 13.8 Å². The largest absolute Gasteiger partial charge is 0.467 e. The van der Waals surface area contributed by atoms with Crippen LogP contribution in [0.25, 0.3) is 0 Å². The van der Waals surface area contributed by atoms with Gasteiger partial charge >= 0.3 is 5.97 Å². The standard InChI is InChI=1S/C13H26N2O3/c1-7-14-13(4,5)12(17)15-10(8-9(2)3)11(16)18-6/h9-10,14H,7-8H2,1-6H3,(H,15,17). The summed E-state index contributed by atoms with van der Waals surface area (Å²) in [6.45, 7) is 10.2. The predicted octanol–water partition coefficient (Wildman–Crippen LogP) is 1.08. The van der Waals surface area contributed by atoms with Crippen molar-refractivity contribution in [3.63, 3.8) is 0 Å². The van der Waals surface area contributed by atoms with E-state index in [1.165, 1.54) is 7.11 Å². The van der Waals surface area contributed by atoms with Gasteiger partial charge in [-0.1, -0.05) is 20.8 Å². The van der Waals surface area contributed by atoms with E-state index in [-0.39, 0.29) is 5.91 Å². The molecule has 0 aliphatic rings. The zero-order valence-corrected chi connectivity index (χ0v) is 12.3. The maximum Gasteiger partial charge on any atom is 0.328 e. The van der Waals surface area contributed by atoms with E-state index in [4.69, 9.17) is 4.74 Å². The van der Waals surface area contributed by atoms with E-state index in [1.807, 2.05) is 20.8 Å². The average molecular weight is 258 g/mol. The molecule has 1 unspecified atom stereocenters. The van der Waals surface area contributed by atoms with Crippen molar-refractivity contribution in [3.8, 4) is 0 Å². The van der Waals surface area contributed by atoms with Gasteiger partial charge in [-0.15, -0.1) is 0 Å². The van der Waals surface area contributed by atoms with Gasteiger partial charge in [0.25, 0.3) is 0 Å². The number of rotatable bonds is 7. The van der Waals surface area contributed by atoms with E-state index in [0.717, 1.165) is 0 Å². The minimum absolute atomic E-state index is 0.194. The second-order valence-corrected chi connectivity index (χ2v) is 5.33. The minimum Gasteiger partial charge on any atom is -0.467 e. The van der Waals surface area contributed by atoms with E-state index in [0.29, 0.717) is 18.9 Å². The molecule has 0 radical (unpaired) electrons. The lowest BCUT2D eigenvalue weighted by Crippen LogP contribution is -2.56. The van der Waals surface area contributed by atoms with Gasteiger partial charge in [0.1, 0.15) is 6.04 Å². The van der Waals surface area contributed by atoms with Gasteiger partial charge in [-0.25, -0.2) is 4.79 Å². The predicted molar refractivity (Wildman–Crippen MR) is 71.2 cm³/mol. The third-order valence-corrected chi connectivity index (χ3v) is 2.68. The molecule has 106 valence electrons. The molecule has 0 spiro atoms. The van der Waals surface area contributed by atoms with E-state index < -0.39 is 17.6 Å². The van der Waals surface area contributed by atoms with Crippen LogP contribution in [0, 0.1) is 5.92 Å². The van der Waals surface area contributed by atoms with E-state index in [2.05, 4.69) is 10.6 Å². The molecule has 0 saturated carbocycles. The molecule has 0 aliphatic heterocycles. The Bertz CT molecular complexity index is 288. The molecule has 5 heteroatoms. The van der Waals surface area contributed by atoms with Crippen LogP contribution < -0.4 is 10.6 Å². The molecule has 18 heavy (non-hydrogen) atoms. The fraction of sp³-hybridized carbons (Fsp3) is 0.846. The Balaban J connectivity index is 4.67. The summed E-state index contributed by atoms with van der Waals surface area (Å²) >= 11 is 0. The first-order valence-corrected chi connectivity index (χ1v) is 6.38. The second-order valence-electron chi connectivity index (χ2n) is 5.33. The molecule has 1 atom stereocenters. The smallest absolute Gasteiger partial charge is 0.328 e. The second kappa shape index (κ2) is 7.36. The van der Waals surface area contributed by atoms with Crippen molar-refractivity contribution < 1.29 is 14.3 Å². The lowest BCUT2D eigenvalue weighted by atomic mass is 10.0. The average Bonchev–Trinajstić information content (AvgIpc) is 2.26. The Morgan fingerprint density at radius 3 is 2.22 bits per heavy atom. The number of carbonyl (C=O) groups is 2. The summed E-state index contributed by atoms with van der Waals surface area (Å²) < 4.78 is 4.71. The highest BCUT2D eigenvalue weighted by Gasteiger charge is 2.31. The maximum atomic E-state index is 12.1. The third-order valence-electron chi connectivity index (χ3n) is 2.68. The molecule has 0 aromatic heterocycles. The van der Waals surface area contributed by atoms with Gasteiger partial charge < -0.3 is 15.4 Å². The number of methoxy groups -OCH3 is 1. The number of amides is 1. The summed E-state index contributed by atoms with van der Waals surface area (Å²) in [5, 5.41) is 5.82. The van der Waals surface area contributed by atoms with Crippen molar-refractivity contribution in [2.45, 2.75) is 52.6 Å². The SMILES string of the molecule is CCNC(C)(C)C(=O)NC(CC(C)C)C(=O)OC. The first kappa shape index (κ1) is 16.9. The first-order valence-electron chi connectivity index (χ1n) is 6.38. The van der Waals surface area contributed by atoms with Crippen molar-refractivity contribution >= 4 is 11.9 Å². The van der Waals surface area contributed by atoms with Gasteiger partial charge in [-0.2, -0.15) is 0 Å². The third kappa shape index (κ3) is 5.49. The van der Waals surface area contributed by atoms with Crippen LogP contribution in [0.3, 0.4) is 0 Å². The number of nitrogens with one attached hydrogen (secondary N) is 2. The number of esters is 1. The molecule has 0 aromatic carbocycles. The van der Waals surface area contributed by atoms with Gasteiger partial charge in [-0.3, -0.25) is 4.79 Å². The topological polar surface area (TPSA) is 67.4 Å². The van der Waals surface area contributed by atoms with Gasteiger partial charge in [0.2, 0.25) is 5.91 Å². The van der Waals surface area contributed by atoms with Crippen LogP contribution in [-0.4, -0.2) is 37.1 Å². The van der Waals surface area contributed by atoms with Crippen molar-refractivity contribution in [2.75, 3.05) is 13.7 Å². The molecule has 2 N–H and O–H groups in total. The van der Waals surface area contributed by atoms with Crippen LogP contribution >= 0.6 is 0 Å². The Kier molecular flexibility index (Phi) is 6.91. The van der Waals surface area contributed by atoms with Crippen molar-refractivity contribution in [3.05, 3.63) is 0 Å². The van der Waals surface area contributed by atoms with Gasteiger partial charge in [-0.05, 0) is 32.7 Å². The molecule has 5 nitrogen and oxygen atoms in total. The molecule has 0 aliphatic carbocycles. The first-order chi connectivity index (χ1) is 8.24. The molecule has 0 aromatic rings. The van der Waals surface area contributed by atoms with Crippen LogP contribution in [-0.2, 0) is 14.3 Å². The minimum atomic E-state index is -0.696. The number of ether oxygens (including phenoxy) is 1. The summed E-state index contributed by atoms with van der Waals surface area (Å²) in [7, 11) is 1.33. The van der Waals surface area contributed by atoms with Crippen LogP contribution in [0.5, 0.6) is 0 Å². The molecule has 0 heterocycles. The molecule has 1 amide bonds.